The van der Waals surface area contributed by atoms with E-state index in [1.54, 1.807) is 36.4 Å². The Bertz CT molecular complexity index is 617. The highest BCUT2D eigenvalue weighted by Gasteiger charge is 2.17. The van der Waals surface area contributed by atoms with Gasteiger partial charge in [0.1, 0.15) is 11.5 Å². The Labute approximate surface area is 139 Å². The molecule has 0 aliphatic rings. The molecule has 0 aliphatic carbocycles. The van der Waals surface area contributed by atoms with Crippen LogP contribution in [0.5, 0.6) is 11.5 Å². The molecule has 2 aromatic rings. The van der Waals surface area contributed by atoms with Crippen LogP contribution in [0.25, 0.3) is 0 Å². The lowest BCUT2D eigenvalue weighted by molar-refractivity contribution is 0.253. The fraction of sp³-hybridized carbons (Fsp3) is 0.294. The summed E-state index contributed by atoms with van der Waals surface area (Å²) in [7, 11) is 1.50. The van der Waals surface area contributed by atoms with Crippen molar-refractivity contribution in [1.82, 2.24) is 0 Å². The van der Waals surface area contributed by atoms with Gasteiger partial charge in [-0.25, -0.2) is 0 Å². The molecule has 0 saturated heterocycles. The molecule has 5 nitrogen and oxygen atoms in total. The van der Waals surface area contributed by atoms with Crippen LogP contribution in [0.2, 0.25) is 0 Å². The molecule has 1 atom stereocenters. The van der Waals surface area contributed by atoms with Crippen molar-refractivity contribution in [2.45, 2.75) is 23.4 Å². The van der Waals surface area contributed by atoms with E-state index in [9.17, 15) is 20.4 Å². The van der Waals surface area contributed by atoms with Gasteiger partial charge in [0.15, 0.2) is 0 Å². The van der Waals surface area contributed by atoms with Crippen molar-refractivity contribution in [3.8, 4) is 11.5 Å². The van der Waals surface area contributed by atoms with Gasteiger partial charge in [-0.2, -0.15) is 0 Å². The fourth-order valence-corrected chi connectivity index (χ4v) is 3.28. The van der Waals surface area contributed by atoms with E-state index in [-0.39, 0.29) is 30.8 Å². The number of phenolic OH excluding ortho intramolecular Hbond substituents is 1. The van der Waals surface area contributed by atoms with Crippen LogP contribution in [0.4, 0.5) is 0 Å². The van der Waals surface area contributed by atoms with E-state index in [4.69, 9.17) is 4.74 Å². The summed E-state index contributed by atoms with van der Waals surface area (Å²) < 4.78 is 5.28. The van der Waals surface area contributed by atoms with E-state index < -0.39 is 0 Å². The van der Waals surface area contributed by atoms with Crippen molar-refractivity contribution in [3.05, 3.63) is 53.1 Å². The summed E-state index contributed by atoms with van der Waals surface area (Å²) in [6.45, 7) is -0.547. The Balaban J connectivity index is 2.35. The summed E-state index contributed by atoms with van der Waals surface area (Å²) in [6, 6.07) is 10.3. The minimum atomic E-state index is -0.258. The molecule has 1 unspecified atom stereocenters. The number of thioether (sulfide) groups is 1. The Kier molecular flexibility index (Phi) is 6.29. The molecule has 6 heteroatoms. The standard InChI is InChI=1S/C17H20O5S/c1-22-16-7-11(6-12(8-18)15(16)9-19)17(10-20)23-14-4-2-13(21)3-5-14/h2-7,17-21H,8-10H2,1H3. The van der Waals surface area contributed by atoms with Gasteiger partial charge in [-0.05, 0) is 41.5 Å². The first-order chi connectivity index (χ1) is 11.1. The molecule has 0 aromatic heterocycles. The van der Waals surface area contributed by atoms with E-state index in [0.29, 0.717) is 16.9 Å². The molecular formula is C17H20O5S. The average molecular weight is 336 g/mol. The van der Waals surface area contributed by atoms with Gasteiger partial charge in [0.25, 0.3) is 0 Å². The second-order valence-electron chi connectivity index (χ2n) is 4.96. The van der Waals surface area contributed by atoms with Crippen LogP contribution in [-0.2, 0) is 13.2 Å². The first kappa shape index (κ1) is 17.6. The van der Waals surface area contributed by atoms with E-state index in [1.165, 1.54) is 18.9 Å². The maximum Gasteiger partial charge on any atom is 0.125 e. The minimum Gasteiger partial charge on any atom is -0.508 e. The number of benzene rings is 2. The first-order valence-corrected chi connectivity index (χ1v) is 7.98. The molecule has 0 amide bonds. The smallest absolute Gasteiger partial charge is 0.125 e. The molecule has 0 fully saturated rings. The minimum absolute atomic E-state index is 0.0992. The Hall–Kier alpha value is -1.73. The fourth-order valence-electron chi connectivity index (χ4n) is 2.31. The number of hydrogen-bond donors (Lipinski definition) is 4. The molecule has 124 valence electrons. The van der Waals surface area contributed by atoms with Gasteiger partial charge in [-0.1, -0.05) is 6.07 Å². The summed E-state index contributed by atoms with van der Waals surface area (Å²) in [4.78, 5) is 0.901. The summed E-state index contributed by atoms with van der Waals surface area (Å²) in [6.07, 6.45) is 0. The van der Waals surface area contributed by atoms with Crippen molar-refractivity contribution in [2.24, 2.45) is 0 Å². The maximum absolute atomic E-state index is 9.73. The molecule has 0 saturated carbocycles. The zero-order valence-electron chi connectivity index (χ0n) is 12.8. The normalized spacial score (nSPS) is 12.2. The predicted molar refractivity (Wildman–Crippen MR) is 88.6 cm³/mol. The summed E-state index contributed by atoms with van der Waals surface area (Å²) in [5, 5.41) is 37.7. The van der Waals surface area contributed by atoms with E-state index >= 15 is 0 Å². The Morgan fingerprint density at radius 3 is 2.26 bits per heavy atom. The highest BCUT2D eigenvalue weighted by Crippen LogP contribution is 2.38. The monoisotopic (exact) mass is 336 g/mol. The lowest BCUT2D eigenvalue weighted by Crippen LogP contribution is -2.05. The predicted octanol–water partition coefficient (Wildman–Crippen LogP) is 2.21. The van der Waals surface area contributed by atoms with Gasteiger partial charge in [0, 0.05) is 10.5 Å². The number of phenols is 1. The average Bonchev–Trinajstić information content (AvgIpc) is 2.59. The topological polar surface area (TPSA) is 90.2 Å². The first-order valence-electron chi connectivity index (χ1n) is 7.10. The maximum atomic E-state index is 9.73. The number of aliphatic hydroxyl groups is 3. The van der Waals surface area contributed by atoms with Gasteiger partial charge in [0.05, 0.1) is 32.2 Å². The third-order valence-electron chi connectivity index (χ3n) is 3.52. The van der Waals surface area contributed by atoms with Crippen LogP contribution in [-0.4, -0.2) is 34.1 Å². The third-order valence-corrected chi connectivity index (χ3v) is 4.77. The zero-order valence-corrected chi connectivity index (χ0v) is 13.6. The Morgan fingerprint density at radius 1 is 1.04 bits per heavy atom. The van der Waals surface area contributed by atoms with Gasteiger partial charge >= 0.3 is 0 Å². The molecule has 2 aromatic carbocycles. The van der Waals surface area contributed by atoms with Gasteiger partial charge in [-0.15, -0.1) is 11.8 Å². The van der Waals surface area contributed by atoms with E-state index in [2.05, 4.69) is 0 Å². The summed E-state index contributed by atoms with van der Waals surface area (Å²) >= 11 is 1.44. The number of methoxy groups -OCH3 is 1. The highest BCUT2D eigenvalue weighted by atomic mass is 32.2. The molecule has 0 bridgehead atoms. The molecule has 2 rings (SSSR count). The lowest BCUT2D eigenvalue weighted by Gasteiger charge is -2.19. The van der Waals surface area contributed by atoms with Crippen molar-refractivity contribution >= 4 is 11.8 Å². The van der Waals surface area contributed by atoms with Crippen LogP contribution in [0.3, 0.4) is 0 Å². The lowest BCUT2D eigenvalue weighted by atomic mass is 10.0. The number of aromatic hydroxyl groups is 1. The SMILES string of the molecule is COc1cc(C(CO)Sc2ccc(O)cc2)cc(CO)c1CO. The zero-order chi connectivity index (χ0) is 16.8. The van der Waals surface area contributed by atoms with Crippen LogP contribution < -0.4 is 4.74 Å². The second-order valence-corrected chi connectivity index (χ2v) is 6.24. The number of hydrogen-bond acceptors (Lipinski definition) is 6. The molecule has 0 spiro atoms. The van der Waals surface area contributed by atoms with Gasteiger partial charge < -0.3 is 25.2 Å². The van der Waals surface area contributed by atoms with Gasteiger partial charge in [0.2, 0.25) is 0 Å². The van der Waals surface area contributed by atoms with Crippen LogP contribution >= 0.6 is 11.8 Å². The van der Waals surface area contributed by atoms with Crippen LogP contribution in [0, 0.1) is 0 Å². The largest absolute Gasteiger partial charge is 0.508 e. The number of aliphatic hydroxyl groups excluding tert-OH is 3. The quantitative estimate of drug-likeness (QED) is 0.580. The molecule has 0 radical (unpaired) electrons. The molecule has 0 heterocycles. The molecule has 0 aliphatic heterocycles. The number of ether oxygens (including phenoxy) is 1. The van der Waals surface area contributed by atoms with Crippen LogP contribution in [0.15, 0.2) is 41.3 Å². The van der Waals surface area contributed by atoms with Crippen LogP contribution in [0.1, 0.15) is 21.9 Å². The molecular weight excluding hydrogens is 316 g/mol. The van der Waals surface area contributed by atoms with Crippen molar-refractivity contribution in [2.75, 3.05) is 13.7 Å². The van der Waals surface area contributed by atoms with Crippen molar-refractivity contribution < 1.29 is 25.2 Å². The number of rotatable bonds is 7. The van der Waals surface area contributed by atoms with Crippen molar-refractivity contribution in [1.29, 1.82) is 0 Å². The van der Waals surface area contributed by atoms with Gasteiger partial charge in [-0.3, -0.25) is 0 Å². The summed E-state index contributed by atoms with van der Waals surface area (Å²) in [5.41, 5.74) is 1.92. The van der Waals surface area contributed by atoms with E-state index in [0.717, 1.165) is 10.5 Å². The molecule has 23 heavy (non-hydrogen) atoms. The summed E-state index contributed by atoms with van der Waals surface area (Å²) in [5.74, 6) is 0.672. The second kappa shape index (κ2) is 8.21. The van der Waals surface area contributed by atoms with E-state index in [1.807, 2.05) is 0 Å². The third kappa shape index (κ3) is 4.17. The van der Waals surface area contributed by atoms with Crippen molar-refractivity contribution in [3.63, 3.8) is 0 Å². The molecule has 4 N–H and O–H groups in total. The highest BCUT2D eigenvalue weighted by molar-refractivity contribution is 7.99. The Morgan fingerprint density at radius 2 is 1.74 bits per heavy atom.